The number of hydrogen-bond acceptors (Lipinski definition) is 3. The van der Waals surface area contributed by atoms with Gasteiger partial charge in [0.05, 0.1) is 12.6 Å². The van der Waals surface area contributed by atoms with E-state index in [0.29, 0.717) is 12.6 Å². The summed E-state index contributed by atoms with van der Waals surface area (Å²) in [6, 6.07) is 8.52. The zero-order valence-electron chi connectivity index (χ0n) is 16.5. The molecule has 1 aliphatic carbocycles. The zero-order valence-corrected chi connectivity index (χ0v) is 17.3. The van der Waals surface area contributed by atoms with Crippen molar-refractivity contribution in [3.8, 4) is 0 Å². The van der Waals surface area contributed by atoms with Crippen LogP contribution in [0.3, 0.4) is 0 Å². The molecule has 0 spiro atoms. The van der Waals surface area contributed by atoms with Crippen LogP contribution in [-0.2, 0) is 11.3 Å². The fourth-order valence-electron chi connectivity index (χ4n) is 4.36. The number of hydrogen-bond donors (Lipinski definition) is 2. The van der Waals surface area contributed by atoms with Crippen LogP contribution in [-0.4, -0.2) is 40.3 Å². The van der Waals surface area contributed by atoms with Crippen LogP contribution in [0, 0.1) is 6.92 Å². The minimum Gasteiger partial charge on any atom is -0.376 e. The molecular weight excluding hydrogens is 370 g/mol. The molecule has 5 nitrogen and oxygen atoms in total. The maximum absolute atomic E-state index is 12.7. The molecule has 1 aromatic heterocycles. The Balaban J connectivity index is 1.54. The zero-order chi connectivity index (χ0) is 19.5. The number of nitrogens with zero attached hydrogens (tertiary/aromatic N) is 1. The number of aromatic amines is 1. The van der Waals surface area contributed by atoms with Gasteiger partial charge in [0.2, 0.25) is 0 Å². The van der Waals surface area contributed by atoms with Gasteiger partial charge >= 0.3 is 0 Å². The van der Waals surface area contributed by atoms with E-state index in [1.165, 1.54) is 18.4 Å². The first-order valence-electron chi connectivity index (χ1n) is 10.4. The molecule has 1 saturated heterocycles. The van der Waals surface area contributed by atoms with Gasteiger partial charge in [-0.25, -0.2) is 0 Å². The van der Waals surface area contributed by atoms with E-state index in [-0.39, 0.29) is 11.7 Å². The molecule has 2 heterocycles. The highest BCUT2D eigenvalue weighted by Crippen LogP contribution is 2.25. The third-order valence-electron chi connectivity index (χ3n) is 5.95. The number of rotatable bonds is 5. The molecule has 0 bridgehead atoms. The summed E-state index contributed by atoms with van der Waals surface area (Å²) < 4.78 is 5.71. The van der Waals surface area contributed by atoms with Crippen molar-refractivity contribution < 1.29 is 4.74 Å². The number of H-pyrrole nitrogens is 1. The monoisotopic (exact) mass is 399 g/mol. The largest absolute Gasteiger partial charge is 0.376 e. The van der Waals surface area contributed by atoms with Crippen LogP contribution < -0.4 is 10.9 Å². The van der Waals surface area contributed by atoms with Crippen molar-refractivity contribution in [1.82, 2.24) is 15.2 Å². The van der Waals surface area contributed by atoms with Crippen molar-refractivity contribution in [2.24, 2.45) is 0 Å². The Kier molecular flexibility index (Phi) is 5.97. The summed E-state index contributed by atoms with van der Waals surface area (Å²) in [4.78, 5) is 17.9. The third-order valence-corrected chi connectivity index (χ3v) is 6.33. The lowest BCUT2D eigenvalue weighted by Gasteiger charge is -2.32. The molecule has 28 heavy (non-hydrogen) atoms. The first-order valence-corrected chi connectivity index (χ1v) is 10.8. The fraction of sp³-hybridized carbons (Fsp3) is 0.545. The van der Waals surface area contributed by atoms with Gasteiger partial charge in [0.25, 0.3) is 5.56 Å². The van der Waals surface area contributed by atoms with Gasteiger partial charge in [-0.3, -0.25) is 4.79 Å². The highest BCUT2D eigenvalue weighted by Gasteiger charge is 2.26. The molecule has 1 aliphatic heterocycles. The van der Waals surface area contributed by atoms with Gasteiger partial charge in [-0.2, -0.15) is 0 Å². The molecule has 1 atom stereocenters. The highest BCUT2D eigenvalue weighted by atomic mass is 32.1. The standard InChI is InChI=1S/C22H29N3O2S/c1-15-8-9-20-16(11-15)12-17(21(26)24-20)14-25(18-5-2-3-6-18)22(28)23-13-19-7-4-10-27-19/h8-9,11-12,18-19H,2-7,10,13-14H2,1H3,(H,23,28)(H,24,26). The third kappa shape index (κ3) is 4.39. The molecule has 0 radical (unpaired) electrons. The van der Waals surface area contributed by atoms with Gasteiger partial charge in [0.15, 0.2) is 5.11 Å². The van der Waals surface area contributed by atoms with E-state index in [9.17, 15) is 4.79 Å². The SMILES string of the molecule is Cc1ccc2[nH]c(=O)c(CN(C(=S)NCC3CCCO3)C3CCCC3)cc2c1. The summed E-state index contributed by atoms with van der Waals surface area (Å²) in [5, 5.41) is 5.22. The fourth-order valence-corrected chi connectivity index (χ4v) is 4.66. The summed E-state index contributed by atoms with van der Waals surface area (Å²) in [7, 11) is 0. The number of aryl methyl sites for hydroxylation is 1. The molecule has 1 aromatic carbocycles. The molecule has 2 fully saturated rings. The molecule has 1 unspecified atom stereocenters. The number of pyridine rings is 1. The number of thiocarbonyl (C=S) groups is 1. The van der Waals surface area contributed by atoms with Gasteiger partial charge in [0, 0.05) is 30.3 Å². The Bertz CT molecular complexity index is 898. The normalized spacial score (nSPS) is 20.0. The van der Waals surface area contributed by atoms with Gasteiger partial charge in [-0.15, -0.1) is 0 Å². The molecule has 4 rings (SSSR count). The van der Waals surface area contributed by atoms with Crippen molar-refractivity contribution >= 4 is 28.2 Å². The number of fused-ring (bicyclic) bond motifs is 1. The Hall–Kier alpha value is -1.92. The van der Waals surface area contributed by atoms with E-state index in [4.69, 9.17) is 17.0 Å². The van der Waals surface area contributed by atoms with Gasteiger partial charge < -0.3 is 19.9 Å². The summed E-state index contributed by atoms with van der Waals surface area (Å²) in [5.41, 5.74) is 2.81. The van der Waals surface area contributed by atoms with Crippen LogP contribution in [0.2, 0.25) is 0 Å². The summed E-state index contributed by atoms with van der Waals surface area (Å²) in [6.45, 7) is 4.20. The minimum absolute atomic E-state index is 0.0266. The lowest BCUT2D eigenvalue weighted by Crippen LogP contribution is -2.47. The van der Waals surface area contributed by atoms with Crippen molar-refractivity contribution in [1.29, 1.82) is 0 Å². The van der Waals surface area contributed by atoms with Crippen molar-refractivity contribution in [2.45, 2.75) is 64.1 Å². The summed E-state index contributed by atoms with van der Waals surface area (Å²) >= 11 is 5.75. The molecule has 2 N–H and O–H groups in total. The van der Waals surface area contributed by atoms with Crippen LogP contribution in [0.15, 0.2) is 29.1 Å². The predicted molar refractivity (Wildman–Crippen MR) is 117 cm³/mol. The summed E-state index contributed by atoms with van der Waals surface area (Å²) in [6.07, 6.45) is 7.17. The van der Waals surface area contributed by atoms with Crippen LogP contribution in [0.1, 0.15) is 49.7 Å². The lowest BCUT2D eigenvalue weighted by molar-refractivity contribution is 0.113. The van der Waals surface area contributed by atoms with Crippen molar-refractivity contribution in [2.75, 3.05) is 13.2 Å². The maximum atomic E-state index is 12.7. The van der Waals surface area contributed by atoms with Crippen molar-refractivity contribution in [3.05, 3.63) is 45.7 Å². The maximum Gasteiger partial charge on any atom is 0.253 e. The first-order chi connectivity index (χ1) is 13.6. The molecule has 2 aromatic rings. The second kappa shape index (κ2) is 8.62. The van der Waals surface area contributed by atoms with Gasteiger partial charge in [0.1, 0.15) is 0 Å². The topological polar surface area (TPSA) is 57.4 Å². The Labute approximate surface area is 171 Å². The van der Waals surface area contributed by atoms with Crippen LogP contribution >= 0.6 is 12.2 Å². The smallest absolute Gasteiger partial charge is 0.253 e. The molecule has 1 saturated carbocycles. The average Bonchev–Trinajstić information content (AvgIpc) is 3.38. The van der Waals surface area contributed by atoms with Gasteiger partial charge in [-0.1, -0.05) is 24.5 Å². The van der Waals surface area contributed by atoms with Crippen LogP contribution in [0.5, 0.6) is 0 Å². The van der Waals surface area contributed by atoms with E-state index >= 15 is 0 Å². The molecule has 150 valence electrons. The lowest BCUT2D eigenvalue weighted by atomic mass is 10.1. The van der Waals surface area contributed by atoms with Crippen LogP contribution in [0.4, 0.5) is 0 Å². The van der Waals surface area contributed by atoms with E-state index in [2.05, 4.69) is 28.2 Å². The molecule has 2 aliphatic rings. The highest BCUT2D eigenvalue weighted by molar-refractivity contribution is 7.80. The number of benzene rings is 1. The minimum atomic E-state index is -0.0266. The van der Waals surface area contributed by atoms with Crippen LogP contribution in [0.25, 0.3) is 10.9 Å². The molecule has 0 amide bonds. The number of aromatic nitrogens is 1. The second-order valence-corrected chi connectivity index (χ2v) is 8.49. The van der Waals surface area contributed by atoms with E-state index in [1.54, 1.807) is 0 Å². The van der Waals surface area contributed by atoms with Crippen molar-refractivity contribution in [3.63, 3.8) is 0 Å². The predicted octanol–water partition coefficient (Wildman–Crippen LogP) is 3.63. The quantitative estimate of drug-likeness (QED) is 0.752. The Morgan fingerprint density at radius 1 is 1.25 bits per heavy atom. The van der Waals surface area contributed by atoms with E-state index < -0.39 is 0 Å². The van der Waals surface area contributed by atoms with E-state index in [0.717, 1.165) is 60.4 Å². The van der Waals surface area contributed by atoms with E-state index in [1.807, 2.05) is 18.2 Å². The van der Waals surface area contributed by atoms with Gasteiger partial charge in [-0.05, 0) is 68.4 Å². The number of ether oxygens (including phenoxy) is 1. The summed E-state index contributed by atoms with van der Waals surface area (Å²) in [5.74, 6) is 0. The Morgan fingerprint density at radius 3 is 2.82 bits per heavy atom. The molecule has 6 heteroatoms. The Morgan fingerprint density at radius 2 is 2.07 bits per heavy atom. The first kappa shape index (κ1) is 19.4. The second-order valence-electron chi connectivity index (χ2n) is 8.10. The average molecular weight is 400 g/mol. The number of nitrogens with one attached hydrogen (secondary N) is 2. The molecular formula is C22H29N3O2S.